The Balaban J connectivity index is -0.00000128. The molecule has 0 aliphatic rings. The van der Waals surface area contributed by atoms with E-state index in [0.29, 0.717) is 0 Å². The van der Waals surface area contributed by atoms with Crippen molar-refractivity contribution < 1.29 is 39.6 Å². The molecule has 5 N–H and O–H groups in total. The van der Waals surface area contributed by atoms with Crippen LogP contribution in [-0.4, -0.2) is 117 Å². The van der Waals surface area contributed by atoms with Gasteiger partial charge in [-0.25, -0.2) is 0 Å². The molecular formula is C8H15CaMgNO8. The third kappa shape index (κ3) is 11.4. The molecule has 0 aliphatic carbocycles. The maximum absolute atomic E-state index is 10.6. The van der Waals surface area contributed by atoms with E-state index in [-0.39, 0.29) is 60.8 Å². The van der Waals surface area contributed by atoms with Gasteiger partial charge in [-0.3, -0.25) is 24.5 Å². The molecule has 19 heavy (non-hydrogen) atoms. The van der Waals surface area contributed by atoms with Gasteiger partial charge in [0.05, 0.1) is 12.8 Å². The van der Waals surface area contributed by atoms with Crippen LogP contribution in [0.1, 0.15) is 12.8 Å². The summed E-state index contributed by atoms with van der Waals surface area (Å²) in [5.74, 6) is -6.01. The number of hydrogen-bond acceptors (Lipinski definition) is 5. The van der Waals surface area contributed by atoms with Crippen LogP contribution in [0.2, 0.25) is 0 Å². The van der Waals surface area contributed by atoms with Crippen molar-refractivity contribution in [1.82, 2.24) is 5.32 Å². The zero-order valence-corrected chi connectivity index (χ0v) is 8.49. The van der Waals surface area contributed by atoms with Gasteiger partial charge in [0.15, 0.2) is 0 Å². The molecule has 0 fully saturated rings. The molecule has 9 nitrogen and oxygen atoms in total. The van der Waals surface area contributed by atoms with Crippen molar-refractivity contribution in [3.05, 3.63) is 0 Å². The van der Waals surface area contributed by atoms with Crippen molar-refractivity contribution in [2.75, 3.05) is 0 Å². The third-order valence-corrected chi connectivity index (χ3v) is 1.76. The van der Waals surface area contributed by atoms with Crippen LogP contribution in [0.5, 0.6) is 0 Å². The van der Waals surface area contributed by atoms with Gasteiger partial charge in [0.25, 0.3) is 0 Å². The molecule has 0 bridgehead atoms. The minimum absolute atomic E-state index is 0. The monoisotopic (exact) mass is 317 g/mol. The van der Waals surface area contributed by atoms with Crippen molar-refractivity contribution in [3.8, 4) is 0 Å². The van der Waals surface area contributed by atoms with Crippen LogP contribution >= 0.6 is 0 Å². The van der Waals surface area contributed by atoms with Crippen LogP contribution in [0.4, 0.5) is 0 Å². The largest absolute Gasteiger partial charge is 0.316 e. The molecule has 0 saturated heterocycles. The van der Waals surface area contributed by atoms with Gasteiger partial charge in [-0.2, -0.15) is 0 Å². The number of carboxylic acid groups (broad SMARTS) is 4. The van der Waals surface area contributed by atoms with Crippen LogP contribution in [0.3, 0.4) is 0 Å². The molecular weight excluding hydrogens is 302 g/mol. The first-order valence-electron chi connectivity index (χ1n) is 4.39. The molecule has 0 spiro atoms. The second-order valence-corrected chi connectivity index (χ2v) is 3.14. The molecule has 0 rings (SSSR count). The zero-order valence-electron chi connectivity index (χ0n) is 8.49. The molecule has 0 heterocycles. The van der Waals surface area contributed by atoms with E-state index in [1.807, 2.05) is 5.32 Å². The Morgan fingerprint density at radius 1 is 0.789 bits per heavy atom. The van der Waals surface area contributed by atoms with E-state index < -0.39 is 48.8 Å². The van der Waals surface area contributed by atoms with E-state index in [1.165, 1.54) is 0 Å². The minimum atomic E-state index is -1.66. The van der Waals surface area contributed by atoms with Crippen LogP contribution in [0, 0.1) is 0 Å². The molecule has 0 saturated carbocycles. The van der Waals surface area contributed by atoms with Gasteiger partial charge in [0.1, 0.15) is 12.1 Å². The minimum Gasteiger partial charge on any atom is 0.316 e. The second-order valence-electron chi connectivity index (χ2n) is 3.14. The summed E-state index contributed by atoms with van der Waals surface area (Å²) in [6.45, 7) is 0. The fourth-order valence-corrected chi connectivity index (χ4v) is 1.03. The summed E-state index contributed by atoms with van der Waals surface area (Å²) >= 11 is 0. The van der Waals surface area contributed by atoms with Crippen molar-refractivity contribution in [3.63, 3.8) is 0 Å². The van der Waals surface area contributed by atoms with Gasteiger partial charge < -0.3 is 20.4 Å². The number of hydrogen-bond donors (Lipinski definition) is 5. The number of rotatable bonds is 8. The quantitative estimate of drug-likeness (QED) is 0.287. The van der Waals surface area contributed by atoms with Crippen LogP contribution < -0.4 is 5.32 Å². The molecule has 0 amide bonds. The van der Waals surface area contributed by atoms with Gasteiger partial charge in [-0.1, -0.05) is 0 Å². The molecule has 0 radical (unpaired) electrons. The maximum Gasteiger partial charge on any atom is 0.316 e. The van der Waals surface area contributed by atoms with E-state index in [4.69, 9.17) is 20.4 Å². The second kappa shape index (κ2) is 11.7. The van der Waals surface area contributed by atoms with Gasteiger partial charge in [0, 0.05) is 0 Å². The summed E-state index contributed by atoms with van der Waals surface area (Å²) in [7, 11) is 0. The number of carbonyl (C=O) groups is 4. The summed E-state index contributed by atoms with van der Waals surface area (Å²) in [5, 5.41) is 36.0. The summed E-state index contributed by atoms with van der Waals surface area (Å²) in [6, 6.07) is -3.32. The van der Waals surface area contributed by atoms with Crippen molar-refractivity contribution in [2.45, 2.75) is 24.9 Å². The Morgan fingerprint density at radius 3 is 1.21 bits per heavy atom. The maximum atomic E-state index is 10.6. The first-order valence-corrected chi connectivity index (χ1v) is 4.39. The van der Waals surface area contributed by atoms with E-state index in [1.54, 1.807) is 0 Å². The van der Waals surface area contributed by atoms with E-state index >= 15 is 0 Å². The van der Waals surface area contributed by atoms with Crippen LogP contribution in [0.25, 0.3) is 0 Å². The smallest absolute Gasteiger partial charge is 0.316 e. The molecule has 0 aromatic carbocycles. The predicted molar refractivity (Wildman–Crippen MR) is 67.6 cm³/mol. The molecule has 0 aromatic heterocycles. The van der Waals surface area contributed by atoms with Crippen LogP contribution in [0.15, 0.2) is 0 Å². The van der Waals surface area contributed by atoms with Crippen molar-refractivity contribution in [2.24, 2.45) is 0 Å². The summed E-state index contributed by atoms with van der Waals surface area (Å²) in [5.41, 5.74) is 0. The van der Waals surface area contributed by atoms with Gasteiger partial charge >= 0.3 is 84.7 Å². The summed E-state index contributed by atoms with van der Waals surface area (Å²) < 4.78 is 0. The van der Waals surface area contributed by atoms with E-state index in [9.17, 15) is 19.2 Å². The first-order chi connectivity index (χ1) is 7.73. The number of aliphatic carboxylic acids is 4. The zero-order chi connectivity index (χ0) is 13.6. The van der Waals surface area contributed by atoms with Crippen molar-refractivity contribution in [1.29, 1.82) is 0 Å². The fraction of sp³-hybridized carbons (Fsp3) is 0.500. The van der Waals surface area contributed by atoms with Crippen LogP contribution in [-0.2, 0) is 19.2 Å². The molecule has 2 unspecified atom stereocenters. The summed E-state index contributed by atoms with van der Waals surface area (Å²) in [4.78, 5) is 41.9. The van der Waals surface area contributed by atoms with E-state index in [0.717, 1.165) is 0 Å². The molecule has 2 atom stereocenters. The molecule has 11 heteroatoms. The number of nitrogens with one attached hydrogen (secondary N) is 1. The Hall–Kier alpha value is -0.134. The van der Waals surface area contributed by atoms with Gasteiger partial charge in [0.2, 0.25) is 0 Å². The van der Waals surface area contributed by atoms with Gasteiger partial charge in [-0.05, 0) is 0 Å². The molecule has 0 aromatic rings. The molecule has 104 valence electrons. The Labute approximate surface area is 153 Å². The third-order valence-electron chi connectivity index (χ3n) is 1.76. The normalized spacial score (nSPS) is 12.2. The topological polar surface area (TPSA) is 161 Å². The SMILES string of the molecule is O=C(O)CC(NC(CC(=O)O)C(=O)O)C(=O)O.[CaH2].[MgH2]. The van der Waals surface area contributed by atoms with Crippen molar-refractivity contribution >= 4 is 84.7 Å². The Bertz CT molecular complexity index is 318. The first kappa shape index (κ1) is 23.9. The average Bonchev–Trinajstić information content (AvgIpc) is 2.13. The average molecular weight is 318 g/mol. The fourth-order valence-electron chi connectivity index (χ4n) is 1.03. The Kier molecular flexibility index (Phi) is 14.7. The van der Waals surface area contributed by atoms with E-state index in [2.05, 4.69) is 0 Å². The molecule has 0 aliphatic heterocycles. The van der Waals surface area contributed by atoms with Gasteiger partial charge in [-0.15, -0.1) is 0 Å². The summed E-state index contributed by atoms with van der Waals surface area (Å²) in [6.07, 6.45) is -1.70. The Morgan fingerprint density at radius 2 is 1.05 bits per heavy atom. The predicted octanol–water partition coefficient (Wildman–Crippen LogP) is -3.40. The number of carboxylic acids is 4. The standard InChI is InChI=1S/C8H11NO8.Ca.Mg.4H/c10-5(11)1-3(7(14)15)9-4(8(16)17)2-6(12)13;;;;;;/h3-4,9H,1-2H2,(H,10,11)(H,12,13)(H,14,15)(H,16,17);;;;;;.